The predicted octanol–water partition coefficient (Wildman–Crippen LogP) is 3.51. The van der Waals surface area contributed by atoms with Gasteiger partial charge in [-0.3, -0.25) is 9.59 Å². The van der Waals surface area contributed by atoms with Crippen LogP contribution in [0.15, 0.2) is 60.8 Å². The van der Waals surface area contributed by atoms with Gasteiger partial charge in [0, 0.05) is 49.6 Å². The van der Waals surface area contributed by atoms with Gasteiger partial charge in [-0.2, -0.15) is 5.10 Å². The van der Waals surface area contributed by atoms with Gasteiger partial charge in [-0.25, -0.2) is 8.78 Å². The summed E-state index contributed by atoms with van der Waals surface area (Å²) in [6.45, 7) is 2.09. The van der Waals surface area contributed by atoms with E-state index in [0.717, 1.165) is 37.0 Å². The van der Waals surface area contributed by atoms with Crippen LogP contribution in [-0.2, 0) is 4.79 Å². The van der Waals surface area contributed by atoms with Crippen LogP contribution in [0.4, 0.5) is 20.3 Å². The van der Waals surface area contributed by atoms with Gasteiger partial charge in [0.15, 0.2) is 5.82 Å². The molecule has 2 saturated heterocycles. The maximum Gasteiger partial charge on any atom is 0.254 e. The fraction of sp³-hybridized carbons (Fsp3) is 0.308. The van der Waals surface area contributed by atoms with Gasteiger partial charge in [0.1, 0.15) is 23.5 Å². The number of ether oxygens (including phenoxy) is 1. The van der Waals surface area contributed by atoms with Crippen molar-refractivity contribution in [3.05, 3.63) is 78.0 Å². The largest absolute Gasteiger partial charge is 0.489 e. The molecule has 1 aromatic heterocycles. The van der Waals surface area contributed by atoms with Crippen molar-refractivity contribution in [2.75, 3.05) is 36.4 Å². The summed E-state index contributed by atoms with van der Waals surface area (Å²) >= 11 is 0. The average Bonchev–Trinajstić information content (AvgIpc) is 3.55. The molecule has 3 heterocycles. The van der Waals surface area contributed by atoms with E-state index in [0.29, 0.717) is 37.5 Å². The van der Waals surface area contributed by atoms with Crippen LogP contribution in [0.3, 0.4) is 0 Å². The summed E-state index contributed by atoms with van der Waals surface area (Å²) < 4.78 is 32.9. The molecule has 3 aromatic rings. The second-order valence-electron chi connectivity index (χ2n) is 8.96. The third-order valence-corrected chi connectivity index (χ3v) is 6.41. The van der Waals surface area contributed by atoms with Gasteiger partial charge >= 0.3 is 0 Å². The van der Waals surface area contributed by atoms with Crippen LogP contribution in [0.2, 0.25) is 0 Å². The standard InChI is InChI=1S/C26H25F2N5O3/c27-19-12-18(13-20(28)14-19)26(35)33-11-8-23(16-33)36-22-5-3-21(4-6-22)30-25(34)17-7-10-32(15-17)24-2-1-9-29-31-24/h1-6,9,12-14,17,23H,7-8,10-11,15-16H2,(H,30,34)/t17?,23-/m0/s1. The Bertz CT molecular complexity index is 1220. The van der Waals surface area contributed by atoms with E-state index in [1.165, 1.54) is 4.90 Å². The highest BCUT2D eigenvalue weighted by Crippen LogP contribution is 2.25. The van der Waals surface area contributed by atoms with Gasteiger partial charge in [0.2, 0.25) is 5.91 Å². The minimum atomic E-state index is -0.784. The molecule has 1 N–H and O–H groups in total. The van der Waals surface area contributed by atoms with Gasteiger partial charge in [0.25, 0.3) is 5.91 Å². The van der Waals surface area contributed by atoms with Crippen molar-refractivity contribution in [2.24, 2.45) is 5.92 Å². The lowest BCUT2D eigenvalue weighted by molar-refractivity contribution is -0.119. The minimum absolute atomic E-state index is 0.0182. The van der Waals surface area contributed by atoms with Gasteiger partial charge in [-0.15, -0.1) is 5.10 Å². The highest BCUT2D eigenvalue weighted by Gasteiger charge is 2.30. The molecular formula is C26H25F2N5O3. The Kier molecular flexibility index (Phi) is 6.75. The number of halogens is 2. The predicted molar refractivity (Wildman–Crippen MR) is 129 cm³/mol. The number of anilines is 2. The van der Waals surface area contributed by atoms with Crippen molar-refractivity contribution < 1.29 is 23.1 Å². The number of carbonyl (C=O) groups is 2. The number of carbonyl (C=O) groups excluding carboxylic acids is 2. The molecule has 8 nitrogen and oxygen atoms in total. The lowest BCUT2D eigenvalue weighted by atomic mass is 10.1. The second-order valence-corrected chi connectivity index (χ2v) is 8.96. The SMILES string of the molecule is O=C(Nc1ccc(O[C@H]2CCN(C(=O)c3cc(F)cc(F)c3)C2)cc1)C1CCN(c2cccnn2)C1. The van der Waals surface area contributed by atoms with E-state index in [2.05, 4.69) is 20.4 Å². The Morgan fingerprint density at radius 2 is 1.75 bits per heavy atom. The smallest absolute Gasteiger partial charge is 0.254 e. The first-order valence-corrected chi connectivity index (χ1v) is 11.8. The third kappa shape index (κ3) is 5.42. The van der Waals surface area contributed by atoms with Crippen molar-refractivity contribution in [1.29, 1.82) is 0 Å². The zero-order valence-corrected chi connectivity index (χ0v) is 19.4. The van der Waals surface area contributed by atoms with Gasteiger partial charge < -0.3 is 19.9 Å². The first kappa shape index (κ1) is 23.7. The van der Waals surface area contributed by atoms with E-state index in [1.54, 1.807) is 30.5 Å². The van der Waals surface area contributed by atoms with Crippen LogP contribution in [0.25, 0.3) is 0 Å². The average molecular weight is 494 g/mol. The first-order chi connectivity index (χ1) is 17.4. The zero-order valence-electron chi connectivity index (χ0n) is 19.4. The van der Waals surface area contributed by atoms with Gasteiger partial charge in [-0.05, 0) is 55.0 Å². The number of nitrogens with one attached hydrogen (secondary N) is 1. The summed E-state index contributed by atoms with van der Waals surface area (Å²) in [5, 5.41) is 11.0. The maximum absolute atomic E-state index is 13.5. The molecule has 0 aliphatic carbocycles. The van der Waals surface area contributed by atoms with Crippen molar-refractivity contribution in [3.63, 3.8) is 0 Å². The number of hydrogen-bond acceptors (Lipinski definition) is 6. The Hall–Kier alpha value is -4.08. The van der Waals surface area contributed by atoms with E-state index >= 15 is 0 Å². The normalized spacial score (nSPS) is 19.4. The quantitative estimate of drug-likeness (QED) is 0.566. The molecule has 2 aromatic carbocycles. The molecule has 2 fully saturated rings. The number of benzene rings is 2. The Balaban J connectivity index is 1.11. The number of amides is 2. The van der Waals surface area contributed by atoms with Crippen molar-refractivity contribution >= 4 is 23.3 Å². The number of aromatic nitrogens is 2. The molecule has 2 aliphatic rings. The van der Waals surface area contributed by atoms with Crippen molar-refractivity contribution in [3.8, 4) is 5.75 Å². The van der Waals surface area contributed by atoms with E-state index < -0.39 is 17.5 Å². The Labute approximate surface area is 206 Å². The number of hydrogen-bond donors (Lipinski definition) is 1. The van der Waals surface area contributed by atoms with Crippen LogP contribution in [0.1, 0.15) is 23.2 Å². The molecule has 0 saturated carbocycles. The first-order valence-electron chi connectivity index (χ1n) is 11.8. The molecule has 1 unspecified atom stereocenters. The molecule has 186 valence electrons. The van der Waals surface area contributed by atoms with Crippen LogP contribution in [0, 0.1) is 17.6 Å². The molecule has 0 bridgehead atoms. The lowest BCUT2D eigenvalue weighted by Crippen LogP contribution is -2.31. The molecular weight excluding hydrogens is 468 g/mol. The topological polar surface area (TPSA) is 87.7 Å². The monoisotopic (exact) mass is 493 g/mol. The number of rotatable bonds is 6. The van der Waals surface area contributed by atoms with E-state index in [9.17, 15) is 18.4 Å². The maximum atomic E-state index is 13.5. The second kappa shape index (κ2) is 10.3. The molecule has 5 rings (SSSR count). The van der Waals surface area contributed by atoms with Gasteiger partial charge in [0.05, 0.1) is 12.5 Å². The lowest BCUT2D eigenvalue weighted by Gasteiger charge is -2.18. The number of nitrogens with zero attached hydrogens (tertiary/aromatic N) is 4. The number of likely N-dealkylation sites (tertiary alicyclic amines) is 1. The van der Waals surface area contributed by atoms with Crippen molar-refractivity contribution in [1.82, 2.24) is 15.1 Å². The molecule has 36 heavy (non-hydrogen) atoms. The van der Waals surface area contributed by atoms with E-state index in [1.807, 2.05) is 12.1 Å². The highest BCUT2D eigenvalue weighted by molar-refractivity contribution is 5.94. The Morgan fingerprint density at radius 1 is 0.972 bits per heavy atom. The summed E-state index contributed by atoms with van der Waals surface area (Å²) in [6.07, 6.45) is 2.72. The van der Waals surface area contributed by atoms with Crippen LogP contribution < -0.4 is 15.0 Å². The zero-order chi connectivity index (χ0) is 25.1. The summed E-state index contributed by atoms with van der Waals surface area (Å²) in [6, 6.07) is 13.6. The molecule has 2 amide bonds. The summed E-state index contributed by atoms with van der Waals surface area (Å²) in [5.74, 6) is -0.808. The molecule has 0 radical (unpaired) electrons. The van der Waals surface area contributed by atoms with Gasteiger partial charge in [-0.1, -0.05) is 0 Å². The van der Waals surface area contributed by atoms with E-state index in [4.69, 9.17) is 4.74 Å². The molecule has 2 aliphatic heterocycles. The minimum Gasteiger partial charge on any atom is -0.489 e. The van der Waals surface area contributed by atoms with E-state index in [-0.39, 0.29) is 23.5 Å². The molecule has 0 spiro atoms. The summed E-state index contributed by atoms with van der Waals surface area (Å²) in [4.78, 5) is 28.9. The highest BCUT2D eigenvalue weighted by atomic mass is 19.1. The molecule has 10 heteroatoms. The van der Waals surface area contributed by atoms with Crippen LogP contribution >= 0.6 is 0 Å². The fourth-order valence-electron chi connectivity index (χ4n) is 4.57. The third-order valence-electron chi connectivity index (χ3n) is 6.41. The van der Waals surface area contributed by atoms with Crippen LogP contribution in [0.5, 0.6) is 5.75 Å². The molecule has 2 atom stereocenters. The van der Waals surface area contributed by atoms with Crippen LogP contribution in [-0.4, -0.2) is 59.2 Å². The summed E-state index contributed by atoms with van der Waals surface area (Å²) in [7, 11) is 0. The fourth-order valence-corrected chi connectivity index (χ4v) is 4.57. The summed E-state index contributed by atoms with van der Waals surface area (Å²) in [5.41, 5.74) is 0.650. The van der Waals surface area contributed by atoms with Crippen molar-refractivity contribution in [2.45, 2.75) is 18.9 Å². The Morgan fingerprint density at radius 3 is 2.47 bits per heavy atom.